The number of esters is 1. The van der Waals surface area contributed by atoms with Gasteiger partial charge in [-0.15, -0.1) is 24.9 Å². The zero-order chi connectivity index (χ0) is 28.9. The number of carbonyl (C=O) groups is 3. The van der Waals surface area contributed by atoms with E-state index in [4.69, 9.17) is 16.3 Å². The van der Waals surface area contributed by atoms with Gasteiger partial charge < -0.3 is 19.6 Å². The SMILES string of the molecule is C=CCCCCOC(=O)[C@@H]1[C@H]2C(=O)N(CCCCCO)C(C(=O)N(CC=C)c3ccc(Cl)cc3)C23S[C@@H]1CC3C. The Morgan fingerprint density at radius 2 is 1.93 bits per heavy atom. The second-order valence-corrected chi connectivity index (χ2v) is 13.0. The molecule has 3 aliphatic rings. The third-order valence-corrected chi connectivity index (χ3v) is 10.9. The highest BCUT2D eigenvalue weighted by Gasteiger charge is 2.76. The average Bonchev–Trinajstić information content (AvgIpc) is 3.53. The van der Waals surface area contributed by atoms with Crippen molar-refractivity contribution < 1.29 is 24.2 Å². The molecule has 0 aromatic heterocycles. The minimum Gasteiger partial charge on any atom is -0.465 e. The average molecular weight is 589 g/mol. The summed E-state index contributed by atoms with van der Waals surface area (Å²) in [5.74, 6) is -1.72. The van der Waals surface area contributed by atoms with E-state index in [0.717, 1.165) is 32.1 Å². The number of aliphatic hydroxyl groups excluding tert-OH is 1. The molecule has 1 aromatic carbocycles. The minimum absolute atomic E-state index is 0.0557. The molecule has 7 nitrogen and oxygen atoms in total. The van der Waals surface area contributed by atoms with Crippen LogP contribution in [0.25, 0.3) is 0 Å². The van der Waals surface area contributed by atoms with Crippen molar-refractivity contribution in [2.24, 2.45) is 17.8 Å². The van der Waals surface area contributed by atoms with Gasteiger partial charge in [-0.2, -0.15) is 0 Å². The first-order valence-electron chi connectivity index (χ1n) is 14.4. The van der Waals surface area contributed by atoms with Gasteiger partial charge >= 0.3 is 5.97 Å². The van der Waals surface area contributed by atoms with Crippen molar-refractivity contribution in [1.82, 2.24) is 4.90 Å². The molecule has 1 N–H and O–H groups in total. The standard InChI is InChI=1S/C31H41ClN2O5S/c1-4-6-7-11-19-39-30(38)25-24-20-21(3)31(40-24)26(25)28(36)34(17-9-8-10-18-35)27(31)29(37)33(16-5-2)23-14-12-22(32)13-15-23/h4-5,12-15,21,24-27,35H,1-2,6-11,16-20H2,3H3/t21?,24-,25+,26+,27?,31?/m1/s1. The molecule has 0 radical (unpaired) electrons. The number of carbonyl (C=O) groups excluding carboxylic acids is 3. The van der Waals surface area contributed by atoms with Gasteiger partial charge in [0.05, 0.1) is 23.2 Å². The van der Waals surface area contributed by atoms with Gasteiger partial charge in [-0.1, -0.05) is 30.7 Å². The van der Waals surface area contributed by atoms with Crippen molar-refractivity contribution in [3.8, 4) is 0 Å². The van der Waals surface area contributed by atoms with E-state index in [0.29, 0.717) is 36.7 Å². The third kappa shape index (κ3) is 5.72. The predicted octanol–water partition coefficient (Wildman–Crippen LogP) is 5.26. The smallest absolute Gasteiger partial charge is 0.310 e. The Hall–Kier alpha value is -2.29. The van der Waals surface area contributed by atoms with Gasteiger partial charge in [-0.05, 0) is 75.1 Å². The molecule has 218 valence electrons. The lowest BCUT2D eigenvalue weighted by atomic mass is 9.66. The summed E-state index contributed by atoms with van der Waals surface area (Å²) in [6.45, 7) is 10.8. The molecule has 3 aliphatic heterocycles. The molecule has 3 saturated heterocycles. The Morgan fingerprint density at radius 1 is 1.18 bits per heavy atom. The number of rotatable bonds is 15. The number of unbranched alkanes of at least 4 members (excludes halogenated alkanes) is 4. The molecule has 3 fully saturated rings. The molecular formula is C31H41ClN2O5S. The predicted molar refractivity (Wildman–Crippen MR) is 160 cm³/mol. The number of hydrogen-bond donors (Lipinski definition) is 1. The van der Waals surface area contributed by atoms with Gasteiger partial charge in [0.25, 0.3) is 5.91 Å². The summed E-state index contributed by atoms with van der Waals surface area (Å²) >= 11 is 7.78. The number of nitrogens with zero attached hydrogens (tertiary/aromatic N) is 2. The highest BCUT2D eigenvalue weighted by molar-refractivity contribution is 8.02. The van der Waals surface area contributed by atoms with Crippen LogP contribution in [0, 0.1) is 17.8 Å². The van der Waals surface area contributed by atoms with Gasteiger partial charge in [0.1, 0.15) is 6.04 Å². The molecule has 3 heterocycles. The molecule has 40 heavy (non-hydrogen) atoms. The van der Waals surface area contributed by atoms with E-state index in [2.05, 4.69) is 20.1 Å². The molecule has 4 rings (SSSR count). The summed E-state index contributed by atoms with van der Waals surface area (Å²) < 4.78 is 5.00. The second-order valence-electron chi connectivity index (χ2n) is 11.0. The quantitative estimate of drug-likeness (QED) is 0.171. The number of allylic oxidation sites excluding steroid dienone is 1. The van der Waals surface area contributed by atoms with Gasteiger partial charge in [0.2, 0.25) is 5.91 Å². The third-order valence-electron chi connectivity index (χ3n) is 8.57. The minimum atomic E-state index is -0.717. The summed E-state index contributed by atoms with van der Waals surface area (Å²) in [7, 11) is 0. The summed E-state index contributed by atoms with van der Waals surface area (Å²) in [5, 5.41) is 9.79. The lowest BCUT2D eigenvalue weighted by Gasteiger charge is -2.40. The molecule has 3 unspecified atom stereocenters. The molecule has 9 heteroatoms. The molecule has 2 amide bonds. The van der Waals surface area contributed by atoms with Gasteiger partial charge in [0.15, 0.2) is 0 Å². The van der Waals surface area contributed by atoms with Crippen LogP contribution in [0.4, 0.5) is 5.69 Å². The van der Waals surface area contributed by atoms with Crippen LogP contribution in [-0.4, -0.2) is 70.1 Å². The lowest BCUT2D eigenvalue weighted by Crippen LogP contribution is -2.57. The normalized spacial score (nSPS) is 28.4. The second kappa shape index (κ2) is 13.6. The van der Waals surface area contributed by atoms with Crippen molar-refractivity contribution in [3.63, 3.8) is 0 Å². The molecule has 0 saturated carbocycles. The van der Waals surface area contributed by atoms with Gasteiger partial charge in [-0.3, -0.25) is 14.4 Å². The maximum absolute atomic E-state index is 14.6. The first-order valence-corrected chi connectivity index (χ1v) is 15.6. The number of amides is 2. The van der Waals surface area contributed by atoms with Crippen LogP contribution < -0.4 is 4.90 Å². The number of benzene rings is 1. The van der Waals surface area contributed by atoms with Crippen LogP contribution >= 0.6 is 23.4 Å². The Kier molecular flexibility index (Phi) is 10.4. The first kappa shape index (κ1) is 30.7. The Bertz CT molecular complexity index is 1100. The lowest BCUT2D eigenvalue weighted by molar-refractivity contribution is -0.154. The molecule has 0 aliphatic carbocycles. The fourth-order valence-corrected chi connectivity index (χ4v) is 9.29. The Morgan fingerprint density at radius 3 is 2.60 bits per heavy atom. The topological polar surface area (TPSA) is 87.1 Å². The number of fused-ring (bicyclic) bond motifs is 1. The molecular weight excluding hydrogens is 548 g/mol. The molecule has 1 aromatic rings. The van der Waals surface area contributed by atoms with Gasteiger partial charge in [0, 0.05) is 35.7 Å². The monoisotopic (exact) mass is 588 g/mol. The first-order chi connectivity index (χ1) is 19.3. The molecule has 6 atom stereocenters. The van der Waals surface area contributed by atoms with Crippen LogP contribution in [0.5, 0.6) is 0 Å². The summed E-state index contributed by atoms with van der Waals surface area (Å²) in [6.07, 6.45) is 8.85. The van der Waals surface area contributed by atoms with Crippen molar-refractivity contribution in [2.45, 2.75) is 67.9 Å². The van der Waals surface area contributed by atoms with Crippen molar-refractivity contribution >= 4 is 46.8 Å². The molecule has 2 bridgehead atoms. The Labute approximate surface area is 246 Å². The zero-order valence-electron chi connectivity index (χ0n) is 23.3. The number of ether oxygens (including phenoxy) is 1. The van der Waals surface area contributed by atoms with E-state index < -0.39 is 22.6 Å². The molecule has 1 spiro atoms. The van der Waals surface area contributed by atoms with Gasteiger partial charge in [-0.25, -0.2) is 0 Å². The van der Waals surface area contributed by atoms with E-state index in [1.54, 1.807) is 51.9 Å². The number of thioether (sulfide) groups is 1. The summed E-state index contributed by atoms with van der Waals surface area (Å²) in [6, 6.07) is 6.37. The van der Waals surface area contributed by atoms with Crippen molar-refractivity contribution in [2.75, 3.05) is 31.2 Å². The van der Waals surface area contributed by atoms with Crippen LogP contribution in [0.1, 0.15) is 51.9 Å². The maximum Gasteiger partial charge on any atom is 0.310 e. The Balaban J connectivity index is 1.67. The summed E-state index contributed by atoms with van der Waals surface area (Å²) in [5.41, 5.74) is 0.683. The number of likely N-dealkylation sites (tertiary alicyclic amines) is 1. The number of hydrogen-bond acceptors (Lipinski definition) is 6. The maximum atomic E-state index is 14.6. The van der Waals surface area contributed by atoms with E-state index in [-0.39, 0.29) is 42.1 Å². The summed E-state index contributed by atoms with van der Waals surface area (Å²) in [4.78, 5) is 45.6. The fourth-order valence-electron chi connectivity index (χ4n) is 6.76. The number of halogens is 1. The van der Waals surface area contributed by atoms with Crippen molar-refractivity contribution in [1.29, 1.82) is 0 Å². The largest absolute Gasteiger partial charge is 0.465 e. The fraction of sp³-hybridized carbons (Fsp3) is 0.581. The van der Waals surface area contributed by atoms with Crippen LogP contribution in [0.15, 0.2) is 49.6 Å². The van der Waals surface area contributed by atoms with E-state index >= 15 is 0 Å². The van der Waals surface area contributed by atoms with E-state index in [1.165, 1.54) is 0 Å². The highest BCUT2D eigenvalue weighted by atomic mass is 35.5. The number of anilines is 1. The zero-order valence-corrected chi connectivity index (χ0v) is 24.9. The highest BCUT2D eigenvalue weighted by Crippen LogP contribution is 2.68. The van der Waals surface area contributed by atoms with E-state index in [9.17, 15) is 19.5 Å². The van der Waals surface area contributed by atoms with Crippen LogP contribution in [-0.2, 0) is 19.1 Å². The van der Waals surface area contributed by atoms with Crippen LogP contribution in [0.2, 0.25) is 5.02 Å². The van der Waals surface area contributed by atoms with E-state index in [1.807, 2.05) is 6.08 Å². The van der Waals surface area contributed by atoms with Crippen molar-refractivity contribution in [3.05, 3.63) is 54.6 Å². The number of aliphatic hydroxyl groups is 1. The van der Waals surface area contributed by atoms with Crippen LogP contribution in [0.3, 0.4) is 0 Å².